The molecule has 2 heterocycles. The zero-order valence-electron chi connectivity index (χ0n) is 16.2. The number of fused-ring (bicyclic) bond motifs is 1. The molecule has 0 N–H and O–H groups in total. The second kappa shape index (κ2) is 7.89. The van der Waals surface area contributed by atoms with E-state index in [1.807, 2.05) is 35.2 Å². The van der Waals surface area contributed by atoms with Crippen molar-refractivity contribution < 1.29 is 9.59 Å². The number of aryl methyl sites for hydroxylation is 1. The van der Waals surface area contributed by atoms with Crippen LogP contribution in [0, 0.1) is 6.92 Å². The second-order valence-corrected chi connectivity index (χ2v) is 7.35. The Bertz CT molecular complexity index is 1000. The summed E-state index contributed by atoms with van der Waals surface area (Å²) in [7, 11) is 0. The number of hydrogen-bond acceptors (Lipinski definition) is 3. The molecule has 0 saturated carbocycles. The van der Waals surface area contributed by atoms with E-state index in [-0.39, 0.29) is 24.7 Å². The number of aromatic nitrogens is 1. The van der Waals surface area contributed by atoms with E-state index in [4.69, 9.17) is 0 Å². The van der Waals surface area contributed by atoms with Gasteiger partial charge in [-0.3, -0.25) is 14.2 Å². The number of para-hydroxylation sites is 1. The van der Waals surface area contributed by atoms with Crippen molar-refractivity contribution in [3.8, 4) is 0 Å². The largest absolute Gasteiger partial charge is 0.368 e. The summed E-state index contributed by atoms with van der Waals surface area (Å²) in [6.45, 7) is 5.14. The average Bonchev–Trinajstić information content (AvgIpc) is 3.16. The van der Waals surface area contributed by atoms with Gasteiger partial charge in [0.15, 0.2) is 0 Å². The van der Waals surface area contributed by atoms with E-state index in [0.717, 1.165) is 24.0 Å². The fraction of sp³-hybridized carbons (Fsp3) is 0.304. The topological polar surface area (TPSA) is 45.6 Å². The van der Waals surface area contributed by atoms with E-state index in [2.05, 4.69) is 36.1 Å². The zero-order chi connectivity index (χ0) is 19.5. The molecule has 5 nitrogen and oxygen atoms in total. The number of benzene rings is 2. The monoisotopic (exact) mass is 375 g/mol. The van der Waals surface area contributed by atoms with E-state index in [0.29, 0.717) is 13.1 Å². The SMILES string of the molecule is Cc1cccc(N2CCN(C(=O)CCC(=O)n3ccc4ccccc43)CC2)c1. The Hall–Kier alpha value is -3.08. The van der Waals surface area contributed by atoms with E-state index in [9.17, 15) is 9.59 Å². The van der Waals surface area contributed by atoms with Crippen LogP contribution in [0.1, 0.15) is 23.2 Å². The second-order valence-electron chi connectivity index (χ2n) is 7.35. The summed E-state index contributed by atoms with van der Waals surface area (Å²) < 4.78 is 1.65. The molecule has 0 atom stereocenters. The van der Waals surface area contributed by atoms with Gasteiger partial charge >= 0.3 is 0 Å². The van der Waals surface area contributed by atoms with Crippen molar-refractivity contribution in [1.29, 1.82) is 0 Å². The molecule has 2 aromatic carbocycles. The maximum atomic E-state index is 12.6. The normalized spacial score (nSPS) is 14.5. The molecule has 0 unspecified atom stereocenters. The van der Waals surface area contributed by atoms with Crippen molar-refractivity contribution in [2.24, 2.45) is 0 Å². The molecule has 1 aromatic heterocycles. The molecule has 144 valence electrons. The van der Waals surface area contributed by atoms with Crippen LogP contribution in [0.4, 0.5) is 5.69 Å². The maximum absolute atomic E-state index is 12.6. The molecule has 0 radical (unpaired) electrons. The van der Waals surface area contributed by atoms with Crippen molar-refractivity contribution in [1.82, 2.24) is 9.47 Å². The smallest absolute Gasteiger partial charge is 0.231 e. The van der Waals surface area contributed by atoms with Crippen LogP contribution in [-0.4, -0.2) is 47.5 Å². The molecule has 0 spiro atoms. The standard InChI is InChI=1S/C23H25N3O2/c1-18-5-4-7-20(17-18)24-13-15-25(16-14-24)22(27)9-10-23(28)26-12-11-19-6-2-3-8-21(19)26/h2-8,11-12,17H,9-10,13-16H2,1H3. The van der Waals surface area contributed by atoms with Gasteiger partial charge in [0.25, 0.3) is 0 Å². The molecular formula is C23H25N3O2. The van der Waals surface area contributed by atoms with Crippen molar-refractivity contribution in [2.75, 3.05) is 31.1 Å². The van der Waals surface area contributed by atoms with Crippen LogP contribution in [-0.2, 0) is 4.79 Å². The minimum absolute atomic E-state index is 0.0343. The number of rotatable bonds is 4. The first-order valence-corrected chi connectivity index (χ1v) is 9.80. The fourth-order valence-corrected chi connectivity index (χ4v) is 3.83. The molecule has 5 heteroatoms. The summed E-state index contributed by atoms with van der Waals surface area (Å²) in [4.78, 5) is 29.3. The third-order valence-corrected chi connectivity index (χ3v) is 5.42. The minimum Gasteiger partial charge on any atom is -0.368 e. The molecule has 1 fully saturated rings. The van der Waals surface area contributed by atoms with Crippen LogP contribution >= 0.6 is 0 Å². The Balaban J connectivity index is 1.30. The fourth-order valence-electron chi connectivity index (χ4n) is 3.83. The third kappa shape index (κ3) is 3.79. The van der Waals surface area contributed by atoms with Crippen molar-refractivity contribution in [3.63, 3.8) is 0 Å². The number of amides is 1. The van der Waals surface area contributed by atoms with Crippen LogP contribution in [0.15, 0.2) is 60.8 Å². The zero-order valence-corrected chi connectivity index (χ0v) is 16.2. The summed E-state index contributed by atoms with van der Waals surface area (Å²) in [5.74, 6) is 0.0293. The third-order valence-electron chi connectivity index (χ3n) is 5.42. The quantitative estimate of drug-likeness (QED) is 0.698. The Labute approximate surface area is 165 Å². The van der Waals surface area contributed by atoms with E-state index < -0.39 is 0 Å². The van der Waals surface area contributed by atoms with Crippen molar-refractivity contribution in [2.45, 2.75) is 19.8 Å². The van der Waals surface area contributed by atoms with Gasteiger partial charge in [-0.05, 0) is 36.8 Å². The molecular weight excluding hydrogens is 350 g/mol. The molecule has 0 bridgehead atoms. The summed E-state index contributed by atoms with van der Waals surface area (Å²) in [5, 5.41) is 1.04. The molecule has 1 aliphatic heterocycles. The maximum Gasteiger partial charge on any atom is 0.231 e. The summed E-state index contributed by atoms with van der Waals surface area (Å²) in [5.41, 5.74) is 3.35. The molecule has 1 saturated heterocycles. The highest BCUT2D eigenvalue weighted by Gasteiger charge is 2.22. The predicted molar refractivity (Wildman–Crippen MR) is 112 cm³/mol. The van der Waals surface area contributed by atoms with Crippen molar-refractivity contribution in [3.05, 3.63) is 66.4 Å². The van der Waals surface area contributed by atoms with Gasteiger partial charge in [0.1, 0.15) is 0 Å². The highest BCUT2D eigenvalue weighted by Crippen LogP contribution is 2.19. The van der Waals surface area contributed by atoms with Gasteiger partial charge in [0.05, 0.1) is 5.52 Å². The number of hydrogen-bond donors (Lipinski definition) is 0. The Morgan fingerprint density at radius 2 is 1.61 bits per heavy atom. The van der Waals surface area contributed by atoms with Crippen LogP contribution in [0.2, 0.25) is 0 Å². The van der Waals surface area contributed by atoms with Gasteiger partial charge in [0, 0.05) is 56.3 Å². The minimum atomic E-state index is -0.0343. The lowest BCUT2D eigenvalue weighted by molar-refractivity contribution is -0.131. The molecule has 0 aliphatic carbocycles. The Morgan fingerprint density at radius 3 is 2.39 bits per heavy atom. The highest BCUT2D eigenvalue weighted by molar-refractivity contribution is 5.94. The van der Waals surface area contributed by atoms with Crippen LogP contribution in [0.3, 0.4) is 0 Å². The number of anilines is 1. The predicted octanol–water partition coefficient (Wildman–Crippen LogP) is 3.72. The van der Waals surface area contributed by atoms with E-state index in [1.165, 1.54) is 11.3 Å². The molecule has 28 heavy (non-hydrogen) atoms. The van der Waals surface area contributed by atoms with Crippen LogP contribution < -0.4 is 4.90 Å². The lowest BCUT2D eigenvalue weighted by Gasteiger charge is -2.36. The summed E-state index contributed by atoms with van der Waals surface area (Å²) >= 11 is 0. The van der Waals surface area contributed by atoms with Gasteiger partial charge in [-0.15, -0.1) is 0 Å². The van der Waals surface area contributed by atoms with Gasteiger partial charge in [-0.1, -0.05) is 30.3 Å². The van der Waals surface area contributed by atoms with Gasteiger partial charge in [0.2, 0.25) is 11.8 Å². The number of piperazine rings is 1. The lowest BCUT2D eigenvalue weighted by Crippen LogP contribution is -2.48. The first-order valence-electron chi connectivity index (χ1n) is 9.80. The molecule has 1 amide bonds. The Kier molecular flexibility index (Phi) is 5.15. The van der Waals surface area contributed by atoms with E-state index in [1.54, 1.807) is 10.8 Å². The van der Waals surface area contributed by atoms with Gasteiger partial charge in [-0.25, -0.2) is 0 Å². The number of carbonyl (C=O) groups is 2. The number of carbonyl (C=O) groups excluding carboxylic acids is 2. The molecule has 3 aromatic rings. The highest BCUT2D eigenvalue weighted by atomic mass is 16.2. The summed E-state index contributed by atoms with van der Waals surface area (Å²) in [6.07, 6.45) is 2.28. The Morgan fingerprint density at radius 1 is 0.857 bits per heavy atom. The van der Waals surface area contributed by atoms with Crippen LogP contribution in [0.25, 0.3) is 10.9 Å². The first-order chi connectivity index (χ1) is 13.6. The lowest BCUT2D eigenvalue weighted by atomic mass is 10.2. The van der Waals surface area contributed by atoms with Crippen molar-refractivity contribution >= 4 is 28.4 Å². The van der Waals surface area contributed by atoms with E-state index >= 15 is 0 Å². The number of nitrogens with zero attached hydrogens (tertiary/aromatic N) is 3. The average molecular weight is 375 g/mol. The molecule has 1 aliphatic rings. The van der Waals surface area contributed by atoms with Crippen LogP contribution in [0.5, 0.6) is 0 Å². The van der Waals surface area contributed by atoms with Gasteiger partial charge in [-0.2, -0.15) is 0 Å². The summed E-state index contributed by atoms with van der Waals surface area (Å²) in [6, 6.07) is 18.2. The molecule has 4 rings (SSSR count). The first kappa shape index (κ1) is 18.3. The van der Waals surface area contributed by atoms with Gasteiger partial charge < -0.3 is 9.80 Å².